The molecular formula is C22H29N7O2. The van der Waals surface area contributed by atoms with Crippen molar-refractivity contribution in [2.24, 2.45) is 13.0 Å². The Kier molecular flexibility index (Phi) is 5.31. The number of hydrogen-bond acceptors (Lipinski definition) is 7. The van der Waals surface area contributed by atoms with Crippen molar-refractivity contribution in [1.29, 1.82) is 0 Å². The van der Waals surface area contributed by atoms with Crippen molar-refractivity contribution in [1.82, 2.24) is 34.2 Å². The van der Waals surface area contributed by atoms with Gasteiger partial charge in [0.05, 0.1) is 23.6 Å². The molecule has 0 N–H and O–H groups in total. The van der Waals surface area contributed by atoms with Crippen LogP contribution >= 0.6 is 0 Å². The van der Waals surface area contributed by atoms with Gasteiger partial charge in [-0.3, -0.25) is 24.2 Å². The first kappa shape index (κ1) is 20.3. The lowest BCUT2D eigenvalue weighted by Crippen LogP contribution is -2.28. The highest BCUT2D eigenvalue weighted by molar-refractivity contribution is 5.73. The van der Waals surface area contributed by atoms with Gasteiger partial charge in [0.1, 0.15) is 11.2 Å². The van der Waals surface area contributed by atoms with Crippen LogP contribution in [0.1, 0.15) is 48.9 Å². The Morgan fingerprint density at radius 3 is 2.68 bits per heavy atom. The van der Waals surface area contributed by atoms with Gasteiger partial charge in [-0.15, -0.1) is 0 Å². The topological polar surface area (TPSA) is 91.0 Å². The standard InChI is InChI=1S/C22H29N7O2/c1-14-11-28(12-16-9-23-15(2)8-24-16)13-19(14)20-26-21-18(22(30)27(20)3)10-25-29(21)17-4-6-31-7-5-17/h8-10,14,17,19H,4-7,11-13H2,1-3H3/t14-,19-/m1/s1. The van der Waals surface area contributed by atoms with Crippen LogP contribution in [-0.2, 0) is 18.3 Å². The minimum absolute atomic E-state index is 0.0200. The third-order valence-electron chi connectivity index (χ3n) is 6.64. The van der Waals surface area contributed by atoms with Crippen LogP contribution in [0.5, 0.6) is 0 Å². The van der Waals surface area contributed by atoms with E-state index < -0.39 is 0 Å². The second-order valence-corrected chi connectivity index (χ2v) is 8.93. The number of rotatable bonds is 4. The molecule has 0 saturated carbocycles. The van der Waals surface area contributed by atoms with Crippen molar-refractivity contribution in [2.45, 2.75) is 45.2 Å². The number of fused-ring (bicyclic) bond motifs is 1. The summed E-state index contributed by atoms with van der Waals surface area (Å²) >= 11 is 0. The molecule has 2 aliphatic heterocycles. The molecule has 0 radical (unpaired) electrons. The van der Waals surface area contributed by atoms with E-state index in [2.05, 4.69) is 26.9 Å². The predicted molar refractivity (Wildman–Crippen MR) is 116 cm³/mol. The van der Waals surface area contributed by atoms with E-state index in [4.69, 9.17) is 9.72 Å². The Hall–Kier alpha value is -2.65. The lowest BCUT2D eigenvalue weighted by molar-refractivity contribution is 0.0673. The maximum Gasteiger partial charge on any atom is 0.264 e. The average molecular weight is 424 g/mol. The number of nitrogens with zero attached hydrogens (tertiary/aromatic N) is 7. The Bertz CT molecular complexity index is 1130. The summed E-state index contributed by atoms with van der Waals surface area (Å²) in [6.45, 7) is 8.15. The molecule has 2 fully saturated rings. The predicted octanol–water partition coefficient (Wildman–Crippen LogP) is 1.82. The zero-order valence-corrected chi connectivity index (χ0v) is 18.4. The Labute approximate surface area is 181 Å². The molecular weight excluding hydrogens is 394 g/mol. The number of likely N-dealkylation sites (tertiary alicyclic amines) is 1. The van der Waals surface area contributed by atoms with Gasteiger partial charge in [0.25, 0.3) is 5.56 Å². The number of aryl methyl sites for hydroxylation is 1. The number of ether oxygens (including phenoxy) is 1. The van der Waals surface area contributed by atoms with Gasteiger partial charge in [-0.1, -0.05) is 6.92 Å². The van der Waals surface area contributed by atoms with Crippen LogP contribution in [0, 0.1) is 12.8 Å². The van der Waals surface area contributed by atoms with Gasteiger partial charge in [0, 0.05) is 58.2 Å². The van der Waals surface area contributed by atoms with Gasteiger partial charge in [-0.25, -0.2) is 9.67 Å². The molecule has 31 heavy (non-hydrogen) atoms. The third kappa shape index (κ3) is 3.76. The Balaban J connectivity index is 1.45. The minimum Gasteiger partial charge on any atom is -0.381 e. The summed E-state index contributed by atoms with van der Waals surface area (Å²) < 4.78 is 9.16. The monoisotopic (exact) mass is 423 g/mol. The number of hydrogen-bond donors (Lipinski definition) is 0. The summed E-state index contributed by atoms with van der Waals surface area (Å²) in [5, 5.41) is 5.14. The largest absolute Gasteiger partial charge is 0.381 e. The van der Waals surface area contributed by atoms with Crippen LogP contribution in [0.4, 0.5) is 0 Å². The zero-order chi connectivity index (χ0) is 21.5. The fraction of sp³-hybridized carbons (Fsp3) is 0.591. The smallest absolute Gasteiger partial charge is 0.264 e. The van der Waals surface area contributed by atoms with E-state index in [0.717, 1.165) is 62.9 Å². The molecule has 0 amide bonds. The van der Waals surface area contributed by atoms with Crippen LogP contribution in [0.15, 0.2) is 23.4 Å². The summed E-state index contributed by atoms with van der Waals surface area (Å²) in [7, 11) is 1.83. The first-order chi connectivity index (χ1) is 15.0. The van der Waals surface area contributed by atoms with E-state index in [-0.39, 0.29) is 17.5 Å². The second kappa shape index (κ2) is 8.12. The Morgan fingerprint density at radius 1 is 1.13 bits per heavy atom. The van der Waals surface area contributed by atoms with Crippen molar-refractivity contribution in [3.05, 3.63) is 46.2 Å². The van der Waals surface area contributed by atoms with E-state index >= 15 is 0 Å². The van der Waals surface area contributed by atoms with E-state index in [1.807, 2.05) is 31.0 Å². The van der Waals surface area contributed by atoms with Gasteiger partial charge in [0.15, 0.2) is 5.65 Å². The molecule has 5 rings (SSSR count). The van der Waals surface area contributed by atoms with Crippen molar-refractivity contribution in [3.8, 4) is 0 Å². The van der Waals surface area contributed by atoms with Crippen LogP contribution in [-0.4, -0.2) is 60.5 Å². The molecule has 164 valence electrons. The van der Waals surface area contributed by atoms with Crippen molar-refractivity contribution in [2.75, 3.05) is 26.3 Å². The SMILES string of the molecule is Cc1cnc(CN2C[C@@H](C)[C@H](c3nc4c(cnn4C4CCOCC4)c(=O)n3C)C2)cn1. The first-order valence-corrected chi connectivity index (χ1v) is 11.0. The molecule has 2 saturated heterocycles. The molecule has 0 aromatic carbocycles. The lowest BCUT2D eigenvalue weighted by Gasteiger charge is -2.23. The van der Waals surface area contributed by atoms with E-state index in [1.54, 1.807) is 10.8 Å². The summed E-state index contributed by atoms with van der Waals surface area (Å²) in [4.78, 5) is 29.4. The third-order valence-corrected chi connectivity index (χ3v) is 6.64. The van der Waals surface area contributed by atoms with Crippen LogP contribution < -0.4 is 5.56 Å². The summed E-state index contributed by atoms with van der Waals surface area (Å²) in [5.41, 5.74) is 2.58. The van der Waals surface area contributed by atoms with E-state index in [0.29, 0.717) is 17.0 Å². The quantitative estimate of drug-likeness (QED) is 0.632. The highest BCUT2D eigenvalue weighted by Crippen LogP contribution is 2.32. The first-order valence-electron chi connectivity index (χ1n) is 11.0. The molecule has 0 unspecified atom stereocenters. The number of aromatic nitrogens is 6. The molecule has 9 nitrogen and oxygen atoms in total. The molecule has 3 aromatic rings. The highest BCUT2D eigenvalue weighted by atomic mass is 16.5. The van der Waals surface area contributed by atoms with Gasteiger partial charge < -0.3 is 4.74 Å². The zero-order valence-electron chi connectivity index (χ0n) is 18.4. The van der Waals surface area contributed by atoms with Crippen LogP contribution in [0.3, 0.4) is 0 Å². The normalized spacial score (nSPS) is 23.1. The van der Waals surface area contributed by atoms with Crippen LogP contribution in [0.25, 0.3) is 11.0 Å². The van der Waals surface area contributed by atoms with E-state index in [1.165, 1.54) is 0 Å². The maximum atomic E-state index is 13.1. The molecule has 9 heteroatoms. The molecule has 3 aromatic heterocycles. The lowest BCUT2D eigenvalue weighted by atomic mass is 9.97. The summed E-state index contributed by atoms with van der Waals surface area (Å²) in [6.07, 6.45) is 7.12. The molecule has 0 aliphatic carbocycles. The fourth-order valence-corrected chi connectivity index (χ4v) is 4.88. The van der Waals surface area contributed by atoms with Crippen LogP contribution in [0.2, 0.25) is 0 Å². The van der Waals surface area contributed by atoms with Gasteiger partial charge in [-0.05, 0) is 25.7 Å². The van der Waals surface area contributed by atoms with Crippen molar-refractivity contribution >= 4 is 11.0 Å². The molecule has 0 bridgehead atoms. The average Bonchev–Trinajstić information content (AvgIpc) is 3.36. The fourth-order valence-electron chi connectivity index (χ4n) is 4.88. The molecule has 2 atom stereocenters. The van der Waals surface area contributed by atoms with Gasteiger partial charge in [0.2, 0.25) is 0 Å². The highest BCUT2D eigenvalue weighted by Gasteiger charge is 2.34. The van der Waals surface area contributed by atoms with Crippen molar-refractivity contribution < 1.29 is 4.74 Å². The summed E-state index contributed by atoms with van der Waals surface area (Å²) in [5.74, 6) is 1.41. The minimum atomic E-state index is -0.0200. The summed E-state index contributed by atoms with van der Waals surface area (Å²) in [6, 6.07) is 0.233. The molecule has 5 heterocycles. The Morgan fingerprint density at radius 2 is 1.94 bits per heavy atom. The molecule has 0 spiro atoms. The van der Waals surface area contributed by atoms with Crippen molar-refractivity contribution in [3.63, 3.8) is 0 Å². The second-order valence-electron chi connectivity index (χ2n) is 8.93. The van der Waals surface area contributed by atoms with E-state index in [9.17, 15) is 4.79 Å². The molecule has 2 aliphatic rings. The van der Waals surface area contributed by atoms with Gasteiger partial charge in [-0.2, -0.15) is 5.10 Å². The van der Waals surface area contributed by atoms with Gasteiger partial charge >= 0.3 is 0 Å². The maximum absolute atomic E-state index is 13.1.